The molecule has 3 heteroatoms. The summed E-state index contributed by atoms with van der Waals surface area (Å²) in [5.41, 5.74) is 2.12. The highest BCUT2D eigenvalue weighted by molar-refractivity contribution is 6.31. The van der Waals surface area contributed by atoms with E-state index in [4.69, 9.17) is 11.6 Å². The van der Waals surface area contributed by atoms with Crippen molar-refractivity contribution >= 4 is 11.6 Å². The van der Waals surface area contributed by atoms with Crippen molar-refractivity contribution in [3.05, 3.63) is 64.7 Å². The number of benzene rings is 2. The van der Waals surface area contributed by atoms with Gasteiger partial charge in [-0.05, 0) is 37.1 Å². The lowest BCUT2D eigenvalue weighted by molar-refractivity contribution is 0.464. The first kappa shape index (κ1) is 13.9. The molecule has 0 aromatic heterocycles. The van der Waals surface area contributed by atoms with Crippen molar-refractivity contribution in [2.75, 3.05) is 6.54 Å². The van der Waals surface area contributed by atoms with Gasteiger partial charge >= 0.3 is 0 Å². The fourth-order valence-corrected chi connectivity index (χ4v) is 2.23. The van der Waals surface area contributed by atoms with Crippen molar-refractivity contribution in [3.8, 4) is 5.75 Å². The van der Waals surface area contributed by atoms with Crippen LogP contribution in [0.25, 0.3) is 0 Å². The highest BCUT2D eigenvalue weighted by Crippen LogP contribution is 2.24. The fraction of sp³-hybridized carbons (Fsp3) is 0.250. The Labute approximate surface area is 119 Å². The van der Waals surface area contributed by atoms with Crippen LogP contribution in [0.5, 0.6) is 5.75 Å². The number of phenolic OH excluding ortho intramolecular Hbond substituents is 1. The Kier molecular flexibility index (Phi) is 5.25. The van der Waals surface area contributed by atoms with Crippen LogP contribution in [0.3, 0.4) is 0 Å². The van der Waals surface area contributed by atoms with Crippen molar-refractivity contribution in [1.82, 2.24) is 5.32 Å². The third kappa shape index (κ3) is 4.27. The van der Waals surface area contributed by atoms with Gasteiger partial charge in [-0.25, -0.2) is 0 Å². The van der Waals surface area contributed by atoms with Crippen molar-refractivity contribution in [2.45, 2.75) is 19.4 Å². The van der Waals surface area contributed by atoms with Gasteiger partial charge in [0.2, 0.25) is 0 Å². The average Bonchev–Trinajstić information content (AvgIpc) is 2.42. The highest BCUT2D eigenvalue weighted by atomic mass is 35.5. The largest absolute Gasteiger partial charge is 0.508 e. The molecule has 2 aromatic carbocycles. The molecule has 0 heterocycles. The fourth-order valence-electron chi connectivity index (χ4n) is 2.00. The van der Waals surface area contributed by atoms with Crippen molar-refractivity contribution in [2.24, 2.45) is 0 Å². The van der Waals surface area contributed by atoms with Crippen LogP contribution in [0, 0.1) is 0 Å². The van der Waals surface area contributed by atoms with Gasteiger partial charge in [0, 0.05) is 17.1 Å². The zero-order valence-corrected chi connectivity index (χ0v) is 11.5. The number of aromatic hydroxyl groups is 1. The number of rotatable bonds is 6. The Hall–Kier alpha value is -1.51. The van der Waals surface area contributed by atoms with Crippen LogP contribution >= 0.6 is 11.6 Å². The standard InChI is InChI=1S/C16H18ClNO/c17-15-9-4-10-16(19)14(15)12-18-11-5-8-13-6-2-1-3-7-13/h1-4,6-7,9-10,18-19H,5,8,11-12H2. The SMILES string of the molecule is Oc1cccc(Cl)c1CNCCCc1ccccc1. The Morgan fingerprint density at radius 1 is 1.00 bits per heavy atom. The molecule has 2 aromatic rings. The minimum absolute atomic E-state index is 0.253. The Morgan fingerprint density at radius 3 is 2.53 bits per heavy atom. The minimum atomic E-state index is 0.253. The van der Waals surface area contributed by atoms with Gasteiger partial charge in [-0.15, -0.1) is 0 Å². The van der Waals surface area contributed by atoms with Crippen LogP contribution in [0.2, 0.25) is 5.02 Å². The molecule has 0 bridgehead atoms. The maximum Gasteiger partial charge on any atom is 0.121 e. The van der Waals surface area contributed by atoms with E-state index >= 15 is 0 Å². The van der Waals surface area contributed by atoms with Gasteiger partial charge in [-0.2, -0.15) is 0 Å². The van der Waals surface area contributed by atoms with E-state index in [0.717, 1.165) is 24.9 Å². The molecule has 0 unspecified atom stereocenters. The number of phenols is 1. The third-order valence-corrected chi connectivity index (χ3v) is 3.41. The van der Waals surface area contributed by atoms with E-state index in [1.165, 1.54) is 5.56 Å². The van der Waals surface area contributed by atoms with Gasteiger partial charge in [0.05, 0.1) is 0 Å². The molecule has 0 saturated heterocycles. The van der Waals surface area contributed by atoms with E-state index in [0.29, 0.717) is 11.6 Å². The molecule has 0 amide bonds. The van der Waals surface area contributed by atoms with Crippen LogP contribution in [0.1, 0.15) is 17.5 Å². The molecule has 0 radical (unpaired) electrons. The number of halogens is 1. The topological polar surface area (TPSA) is 32.3 Å². The molecule has 0 saturated carbocycles. The minimum Gasteiger partial charge on any atom is -0.508 e. The van der Waals surface area contributed by atoms with E-state index < -0.39 is 0 Å². The molecule has 100 valence electrons. The Morgan fingerprint density at radius 2 is 1.79 bits per heavy atom. The lowest BCUT2D eigenvalue weighted by Crippen LogP contribution is -2.15. The molecule has 2 rings (SSSR count). The van der Waals surface area contributed by atoms with Crippen LogP contribution in [-0.4, -0.2) is 11.7 Å². The summed E-state index contributed by atoms with van der Waals surface area (Å²) >= 11 is 6.04. The maximum absolute atomic E-state index is 9.70. The lowest BCUT2D eigenvalue weighted by Gasteiger charge is -2.08. The summed E-state index contributed by atoms with van der Waals surface area (Å²) in [6.07, 6.45) is 2.12. The normalized spacial score (nSPS) is 10.6. The monoisotopic (exact) mass is 275 g/mol. The number of aryl methyl sites for hydroxylation is 1. The first-order chi connectivity index (χ1) is 9.27. The van der Waals surface area contributed by atoms with E-state index in [9.17, 15) is 5.11 Å². The molecule has 0 atom stereocenters. The smallest absolute Gasteiger partial charge is 0.121 e. The van der Waals surface area contributed by atoms with Gasteiger partial charge in [-0.1, -0.05) is 48.0 Å². The number of hydrogen-bond acceptors (Lipinski definition) is 2. The summed E-state index contributed by atoms with van der Waals surface area (Å²) in [5.74, 6) is 0.253. The maximum atomic E-state index is 9.70. The van der Waals surface area contributed by atoms with Crippen LogP contribution in [-0.2, 0) is 13.0 Å². The summed E-state index contributed by atoms with van der Waals surface area (Å²) in [6, 6.07) is 15.6. The molecule has 0 aliphatic rings. The summed E-state index contributed by atoms with van der Waals surface area (Å²) in [6.45, 7) is 1.50. The molecular weight excluding hydrogens is 258 g/mol. The molecule has 2 nitrogen and oxygen atoms in total. The molecule has 0 fully saturated rings. The van der Waals surface area contributed by atoms with Gasteiger partial charge in [-0.3, -0.25) is 0 Å². The first-order valence-corrected chi connectivity index (χ1v) is 6.86. The zero-order chi connectivity index (χ0) is 13.5. The Balaban J connectivity index is 1.73. The zero-order valence-electron chi connectivity index (χ0n) is 10.8. The Bertz CT molecular complexity index is 493. The van der Waals surface area contributed by atoms with Crippen molar-refractivity contribution in [3.63, 3.8) is 0 Å². The molecule has 2 N–H and O–H groups in total. The van der Waals surface area contributed by atoms with E-state index in [1.807, 2.05) is 6.07 Å². The summed E-state index contributed by atoms with van der Waals surface area (Å²) in [7, 11) is 0. The molecule has 0 aliphatic heterocycles. The second-order valence-corrected chi connectivity index (χ2v) is 4.91. The second-order valence-electron chi connectivity index (χ2n) is 4.50. The molecule has 0 aliphatic carbocycles. The van der Waals surface area contributed by atoms with Gasteiger partial charge < -0.3 is 10.4 Å². The predicted molar refractivity (Wildman–Crippen MR) is 79.6 cm³/mol. The lowest BCUT2D eigenvalue weighted by atomic mass is 10.1. The third-order valence-electron chi connectivity index (χ3n) is 3.06. The number of nitrogens with one attached hydrogen (secondary N) is 1. The summed E-state index contributed by atoms with van der Waals surface area (Å²) in [4.78, 5) is 0. The predicted octanol–water partition coefficient (Wildman–Crippen LogP) is 3.77. The van der Waals surface area contributed by atoms with E-state index in [2.05, 4.69) is 29.6 Å². The second kappa shape index (κ2) is 7.17. The average molecular weight is 276 g/mol. The van der Waals surface area contributed by atoms with Crippen LogP contribution in [0.4, 0.5) is 0 Å². The van der Waals surface area contributed by atoms with E-state index in [-0.39, 0.29) is 5.75 Å². The molecular formula is C16H18ClNO. The van der Waals surface area contributed by atoms with Gasteiger partial charge in [0.1, 0.15) is 5.75 Å². The molecule has 0 spiro atoms. The van der Waals surface area contributed by atoms with Crippen molar-refractivity contribution in [1.29, 1.82) is 0 Å². The van der Waals surface area contributed by atoms with Gasteiger partial charge in [0.15, 0.2) is 0 Å². The highest BCUT2D eigenvalue weighted by Gasteiger charge is 2.04. The van der Waals surface area contributed by atoms with E-state index in [1.54, 1.807) is 18.2 Å². The number of hydrogen-bond donors (Lipinski definition) is 2. The van der Waals surface area contributed by atoms with Gasteiger partial charge in [0.25, 0.3) is 0 Å². The quantitative estimate of drug-likeness (QED) is 0.787. The summed E-state index contributed by atoms with van der Waals surface area (Å²) < 4.78 is 0. The molecule has 19 heavy (non-hydrogen) atoms. The van der Waals surface area contributed by atoms with Crippen molar-refractivity contribution < 1.29 is 5.11 Å². The summed E-state index contributed by atoms with van der Waals surface area (Å²) in [5, 5.41) is 13.6. The first-order valence-electron chi connectivity index (χ1n) is 6.48. The van der Waals surface area contributed by atoms with Crippen LogP contribution in [0.15, 0.2) is 48.5 Å². The van der Waals surface area contributed by atoms with Crippen LogP contribution < -0.4 is 5.32 Å².